The van der Waals surface area contributed by atoms with Crippen molar-refractivity contribution in [1.29, 1.82) is 0 Å². The minimum Gasteiger partial charge on any atom is -0.229 e. The van der Waals surface area contributed by atoms with Crippen molar-refractivity contribution in [3.8, 4) is 0 Å². The second kappa shape index (κ2) is 8.81. The first-order valence-corrected chi connectivity index (χ1v) is 12.5. The Morgan fingerprint density at radius 3 is 1.65 bits per heavy atom. The van der Waals surface area contributed by atoms with E-state index in [0.717, 1.165) is 38.5 Å². The molecule has 0 aromatic heterocycles. The van der Waals surface area contributed by atoms with Crippen LogP contribution in [0, 0.1) is 0 Å². The quantitative estimate of drug-likeness (QED) is 0.834. The zero-order valence-corrected chi connectivity index (χ0v) is 15.6. The maximum absolute atomic E-state index is 12.5. The predicted octanol–water partition coefficient (Wildman–Crippen LogP) is 2.77. The van der Waals surface area contributed by atoms with Crippen molar-refractivity contribution in [2.45, 2.75) is 88.3 Å². The Balaban J connectivity index is 1.91. The minimum absolute atomic E-state index is 0.00322. The van der Waals surface area contributed by atoms with Crippen LogP contribution in [-0.2, 0) is 19.9 Å². The lowest BCUT2D eigenvalue weighted by atomic mass is 9.98. The van der Waals surface area contributed by atoms with E-state index in [9.17, 15) is 16.8 Å². The zero-order chi connectivity index (χ0) is 16.8. The van der Waals surface area contributed by atoms with Gasteiger partial charge in [-0.25, -0.2) is 21.6 Å². The molecule has 0 aromatic rings. The van der Waals surface area contributed by atoms with Gasteiger partial charge in [0.25, 0.3) is 0 Å². The fraction of sp³-hybridized carbons (Fsp3) is 1.00. The average Bonchev–Trinajstić information content (AvgIpc) is 2.83. The summed E-state index contributed by atoms with van der Waals surface area (Å²) < 4.78 is 50.9. The molecule has 1 N–H and O–H groups in total. The molecule has 136 valence electrons. The number of sulfone groups is 1. The molecule has 0 unspecified atom stereocenters. The van der Waals surface area contributed by atoms with Gasteiger partial charge in [0.05, 0.1) is 16.8 Å². The Kier molecular flexibility index (Phi) is 7.35. The van der Waals surface area contributed by atoms with Crippen molar-refractivity contribution in [3.05, 3.63) is 0 Å². The molecule has 2 rings (SSSR count). The van der Waals surface area contributed by atoms with E-state index in [1.54, 1.807) is 0 Å². The fourth-order valence-corrected chi connectivity index (χ4v) is 7.97. The van der Waals surface area contributed by atoms with Crippen LogP contribution in [0.3, 0.4) is 0 Å². The third kappa shape index (κ3) is 6.70. The number of sulfonamides is 1. The van der Waals surface area contributed by atoms with Gasteiger partial charge in [-0.15, -0.1) is 0 Å². The highest BCUT2D eigenvalue weighted by Crippen LogP contribution is 2.21. The van der Waals surface area contributed by atoms with E-state index < -0.39 is 25.1 Å². The Hall–Kier alpha value is -0.140. The molecule has 1 atom stereocenters. The molecule has 0 bridgehead atoms. The summed E-state index contributed by atoms with van der Waals surface area (Å²) in [7, 11) is -6.70. The van der Waals surface area contributed by atoms with Crippen molar-refractivity contribution < 1.29 is 16.8 Å². The molecule has 1 heterocycles. The van der Waals surface area contributed by atoms with Gasteiger partial charge in [0.2, 0.25) is 10.0 Å². The van der Waals surface area contributed by atoms with E-state index in [2.05, 4.69) is 4.72 Å². The predicted molar refractivity (Wildman–Crippen MR) is 93.7 cm³/mol. The Labute approximate surface area is 141 Å². The van der Waals surface area contributed by atoms with E-state index >= 15 is 0 Å². The molecule has 7 heteroatoms. The second-order valence-corrected chi connectivity index (χ2v) is 11.4. The number of rotatable bonds is 3. The normalized spacial score (nSPS) is 28.8. The van der Waals surface area contributed by atoms with E-state index in [1.807, 2.05) is 0 Å². The van der Waals surface area contributed by atoms with Crippen LogP contribution in [0.5, 0.6) is 0 Å². The summed E-state index contributed by atoms with van der Waals surface area (Å²) in [6.45, 7) is 0. The highest BCUT2D eigenvalue weighted by Gasteiger charge is 2.37. The average molecular weight is 366 g/mol. The summed E-state index contributed by atoms with van der Waals surface area (Å²) in [5.41, 5.74) is 0. The van der Waals surface area contributed by atoms with Crippen LogP contribution in [0.1, 0.15) is 77.0 Å². The summed E-state index contributed by atoms with van der Waals surface area (Å²) >= 11 is 0. The molecular formula is C16H31NO4S2. The van der Waals surface area contributed by atoms with Gasteiger partial charge in [0.1, 0.15) is 0 Å². The topological polar surface area (TPSA) is 80.3 Å². The van der Waals surface area contributed by atoms with Gasteiger partial charge >= 0.3 is 0 Å². The molecule has 23 heavy (non-hydrogen) atoms. The van der Waals surface area contributed by atoms with E-state index in [-0.39, 0.29) is 24.0 Å². The van der Waals surface area contributed by atoms with Crippen LogP contribution < -0.4 is 4.72 Å². The van der Waals surface area contributed by atoms with Crippen molar-refractivity contribution >= 4 is 19.9 Å². The molecule has 2 aliphatic rings. The van der Waals surface area contributed by atoms with Crippen LogP contribution >= 0.6 is 0 Å². The number of hydrogen-bond donors (Lipinski definition) is 1. The summed E-state index contributed by atoms with van der Waals surface area (Å²) in [5, 5.41) is -0.756. The van der Waals surface area contributed by atoms with Crippen LogP contribution in [-0.4, -0.2) is 39.6 Å². The standard InChI is InChI=1S/C16H31NO4S2/c18-22(19)13-12-16(14-22)23(20,21)17-15-10-8-6-4-2-1-3-5-7-9-11-15/h15-17H,1-14H2/t16-/m0/s1. The number of hydrogen-bond acceptors (Lipinski definition) is 4. The van der Waals surface area contributed by atoms with E-state index in [1.165, 1.54) is 32.1 Å². The first-order valence-electron chi connectivity index (χ1n) is 9.11. The van der Waals surface area contributed by atoms with Crippen LogP contribution in [0.2, 0.25) is 0 Å². The summed E-state index contributed by atoms with van der Waals surface area (Å²) in [6, 6.07) is -0.0252. The SMILES string of the molecule is O=S1(=O)CC[C@H](S(=O)(=O)NC2CCCCCCCCCCC2)C1. The third-order valence-electron chi connectivity index (χ3n) is 5.07. The van der Waals surface area contributed by atoms with Crippen molar-refractivity contribution in [2.75, 3.05) is 11.5 Å². The van der Waals surface area contributed by atoms with E-state index in [0.29, 0.717) is 0 Å². The third-order valence-corrected chi connectivity index (χ3v) is 8.99. The van der Waals surface area contributed by atoms with Crippen LogP contribution in [0.4, 0.5) is 0 Å². The largest absolute Gasteiger partial charge is 0.229 e. The Morgan fingerprint density at radius 1 is 0.739 bits per heavy atom. The van der Waals surface area contributed by atoms with Crippen LogP contribution in [0.25, 0.3) is 0 Å². The summed E-state index contributed by atoms with van der Waals surface area (Å²) in [4.78, 5) is 0. The lowest BCUT2D eigenvalue weighted by molar-refractivity contribution is 0.438. The molecule has 2 fully saturated rings. The van der Waals surface area contributed by atoms with Gasteiger partial charge in [-0.1, -0.05) is 57.8 Å². The first-order chi connectivity index (χ1) is 10.9. The molecule has 0 radical (unpaired) electrons. The molecule has 0 amide bonds. The molecule has 1 aliphatic heterocycles. The van der Waals surface area contributed by atoms with Gasteiger partial charge < -0.3 is 0 Å². The number of nitrogens with one attached hydrogen (secondary N) is 1. The van der Waals surface area contributed by atoms with Gasteiger partial charge in [0.15, 0.2) is 9.84 Å². The zero-order valence-electron chi connectivity index (χ0n) is 14.0. The maximum atomic E-state index is 12.5. The summed E-state index contributed by atoms with van der Waals surface area (Å²) in [6.07, 6.45) is 12.8. The van der Waals surface area contributed by atoms with Crippen molar-refractivity contribution in [3.63, 3.8) is 0 Å². The Bertz CT molecular complexity index is 545. The monoisotopic (exact) mass is 365 g/mol. The fourth-order valence-electron chi connectivity index (χ4n) is 3.62. The van der Waals surface area contributed by atoms with Crippen molar-refractivity contribution in [2.24, 2.45) is 0 Å². The Morgan fingerprint density at radius 2 is 1.22 bits per heavy atom. The minimum atomic E-state index is -3.53. The molecule has 1 saturated carbocycles. The maximum Gasteiger partial charge on any atom is 0.215 e. The molecule has 5 nitrogen and oxygen atoms in total. The van der Waals surface area contributed by atoms with Gasteiger partial charge in [0, 0.05) is 6.04 Å². The highest BCUT2D eigenvalue weighted by molar-refractivity contribution is 7.95. The van der Waals surface area contributed by atoms with Gasteiger partial charge in [-0.05, 0) is 19.3 Å². The van der Waals surface area contributed by atoms with Gasteiger partial charge in [-0.2, -0.15) is 0 Å². The molecule has 1 saturated heterocycles. The van der Waals surface area contributed by atoms with E-state index in [4.69, 9.17) is 0 Å². The summed E-state index contributed by atoms with van der Waals surface area (Å²) in [5.74, 6) is -0.210. The molecular weight excluding hydrogens is 334 g/mol. The highest BCUT2D eigenvalue weighted by atomic mass is 32.2. The molecule has 0 aromatic carbocycles. The lowest BCUT2D eigenvalue weighted by Gasteiger charge is -2.21. The van der Waals surface area contributed by atoms with Crippen molar-refractivity contribution in [1.82, 2.24) is 4.72 Å². The molecule has 0 spiro atoms. The lowest BCUT2D eigenvalue weighted by Crippen LogP contribution is -2.41. The van der Waals surface area contributed by atoms with Gasteiger partial charge in [-0.3, -0.25) is 0 Å². The first kappa shape index (κ1) is 19.2. The molecule has 1 aliphatic carbocycles. The smallest absolute Gasteiger partial charge is 0.215 e. The van der Waals surface area contributed by atoms with Crippen LogP contribution in [0.15, 0.2) is 0 Å². The second-order valence-electron chi connectivity index (χ2n) is 7.14.